The third-order valence-corrected chi connectivity index (χ3v) is 3.59. The Hall–Kier alpha value is -0.670. The molecule has 0 spiro atoms. The second-order valence-electron chi connectivity index (χ2n) is 5.00. The number of ether oxygens (including phenoxy) is 1. The summed E-state index contributed by atoms with van der Waals surface area (Å²) in [5, 5.41) is 0. The highest BCUT2D eigenvalue weighted by Gasteiger charge is 2.28. The fourth-order valence-corrected chi connectivity index (χ4v) is 2.65. The predicted molar refractivity (Wildman–Crippen MR) is 68.0 cm³/mol. The molecule has 2 rings (SSSR count). The van der Waals surface area contributed by atoms with E-state index in [4.69, 9.17) is 4.74 Å². The molecule has 0 aromatic carbocycles. The van der Waals surface area contributed by atoms with Crippen LogP contribution < -0.4 is 0 Å². The van der Waals surface area contributed by atoms with Crippen LogP contribution in [-0.4, -0.2) is 43.0 Å². The van der Waals surface area contributed by atoms with Crippen LogP contribution in [-0.2, 0) is 9.53 Å². The van der Waals surface area contributed by atoms with E-state index in [2.05, 4.69) is 17.9 Å². The molecule has 1 unspecified atom stereocenters. The van der Waals surface area contributed by atoms with Crippen LogP contribution in [0.5, 0.6) is 0 Å². The number of carbonyl (C=O) groups excluding carboxylic acids is 1. The first kappa shape index (κ1) is 12.8. The van der Waals surface area contributed by atoms with Gasteiger partial charge in [0.1, 0.15) is 6.10 Å². The molecule has 96 valence electrons. The topological polar surface area (TPSA) is 29.5 Å². The minimum absolute atomic E-state index is 0.209. The Morgan fingerprint density at radius 2 is 2.41 bits per heavy atom. The maximum atomic E-state index is 12.3. The highest BCUT2D eigenvalue weighted by molar-refractivity contribution is 5.99. The highest BCUT2D eigenvalue weighted by Crippen LogP contribution is 2.21. The van der Waals surface area contributed by atoms with Gasteiger partial charge in [0.05, 0.1) is 6.61 Å². The minimum Gasteiger partial charge on any atom is -0.367 e. The van der Waals surface area contributed by atoms with E-state index in [0.29, 0.717) is 6.61 Å². The summed E-state index contributed by atoms with van der Waals surface area (Å²) >= 11 is 0. The number of rotatable bonds is 4. The first-order chi connectivity index (χ1) is 8.31. The summed E-state index contributed by atoms with van der Waals surface area (Å²) < 4.78 is 5.64. The van der Waals surface area contributed by atoms with E-state index in [1.54, 1.807) is 0 Å². The van der Waals surface area contributed by atoms with Crippen molar-refractivity contribution in [3.05, 3.63) is 11.6 Å². The third kappa shape index (κ3) is 3.39. The molecule has 0 N–H and O–H groups in total. The Morgan fingerprint density at radius 1 is 1.53 bits per heavy atom. The Morgan fingerprint density at radius 3 is 3.12 bits per heavy atom. The van der Waals surface area contributed by atoms with Gasteiger partial charge in [-0.2, -0.15) is 0 Å². The zero-order valence-corrected chi connectivity index (χ0v) is 10.8. The van der Waals surface area contributed by atoms with Gasteiger partial charge < -0.3 is 4.74 Å². The highest BCUT2D eigenvalue weighted by atomic mass is 16.5. The van der Waals surface area contributed by atoms with Gasteiger partial charge in [-0.1, -0.05) is 13.0 Å². The van der Waals surface area contributed by atoms with E-state index in [-0.39, 0.29) is 11.9 Å². The van der Waals surface area contributed by atoms with Crippen molar-refractivity contribution in [3.8, 4) is 0 Å². The van der Waals surface area contributed by atoms with Gasteiger partial charge in [-0.3, -0.25) is 9.69 Å². The first-order valence-electron chi connectivity index (χ1n) is 6.88. The average Bonchev–Trinajstić information content (AvgIpc) is 2.40. The van der Waals surface area contributed by atoms with Gasteiger partial charge in [0, 0.05) is 13.1 Å². The zero-order chi connectivity index (χ0) is 12.1. The molecule has 1 aliphatic heterocycles. The van der Waals surface area contributed by atoms with Crippen LogP contribution in [0.3, 0.4) is 0 Å². The van der Waals surface area contributed by atoms with Gasteiger partial charge in [0.15, 0.2) is 5.78 Å². The standard InChI is InChI=1S/C14H23NO2/c1-2-8-15-9-10-17-13(11-15)14(16)12-6-4-3-5-7-12/h6,13H,2-5,7-11H2,1H3. The summed E-state index contributed by atoms with van der Waals surface area (Å²) in [7, 11) is 0. The van der Waals surface area contributed by atoms with Gasteiger partial charge in [-0.25, -0.2) is 0 Å². The molecule has 3 nitrogen and oxygen atoms in total. The molecule has 0 aromatic rings. The molecule has 0 aromatic heterocycles. The monoisotopic (exact) mass is 237 g/mol. The number of ketones is 1. The van der Waals surface area contributed by atoms with Crippen LogP contribution in [0.15, 0.2) is 11.6 Å². The number of carbonyl (C=O) groups is 1. The molecule has 1 heterocycles. The Kier molecular flexibility index (Phi) is 4.75. The lowest BCUT2D eigenvalue weighted by Crippen LogP contribution is -2.46. The van der Waals surface area contributed by atoms with Crippen molar-refractivity contribution in [1.82, 2.24) is 4.90 Å². The predicted octanol–water partition coefficient (Wildman–Crippen LogP) is 2.17. The smallest absolute Gasteiger partial charge is 0.188 e. The number of nitrogens with zero attached hydrogens (tertiary/aromatic N) is 1. The van der Waals surface area contributed by atoms with Crippen LogP contribution >= 0.6 is 0 Å². The van der Waals surface area contributed by atoms with E-state index < -0.39 is 0 Å². The van der Waals surface area contributed by atoms with Crippen LogP contribution in [0.1, 0.15) is 39.0 Å². The van der Waals surface area contributed by atoms with Crippen LogP contribution in [0.2, 0.25) is 0 Å². The fourth-order valence-electron chi connectivity index (χ4n) is 2.65. The molecular formula is C14H23NO2. The second-order valence-corrected chi connectivity index (χ2v) is 5.00. The number of Topliss-reactive ketones (excluding diaryl/α,β-unsaturated/α-hetero) is 1. The largest absolute Gasteiger partial charge is 0.367 e. The van der Waals surface area contributed by atoms with Gasteiger partial charge in [-0.15, -0.1) is 0 Å². The average molecular weight is 237 g/mol. The van der Waals surface area contributed by atoms with Crippen LogP contribution in [0.25, 0.3) is 0 Å². The maximum Gasteiger partial charge on any atom is 0.188 e. The Bertz CT molecular complexity index is 297. The van der Waals surface area contributed by atoms with Crippen molar-refractivity contribution < 1.29 is 9.53 Å². The van der Waals surface area contributed by atoms with Gasteiger partial charge >= 0.3 is 0 Å². The first-order valence-corrected chi connectivity index (χ1v) is 6.88. The number of hydrogen-bond donors (Lipinski definition) is 0. The normalized spacial score (nSPS) is 26.6. The number of allylic oxidation sites excluding steroid dienone is 1. The zero-order valence-electron chi connectivity index (χ0n) is 10.8. The quantitative estimate of drug-likeness (QED) is 0.750. The number of morpholine rings is 1. The van der Waals surface area contributed by atoms with E-state index in [9.17, 15) is 4.79 Å². The molecule has 0 radical (unpaired) electrons. The number of hydrogen-bond acceptors (Lipinski definition) is 3. The van der Waals surface area contributed by atoms with E-state index in [0.717, 1.165) is 50.9 Å². The lowest BCUT2D eigenvalue weighted by Gasteiger charge is -2.32. The summed E-state index contributed by atoms with van der Waals surface area (Å²) in [6.45, 7) is 5.70. The molecule has 0 saturated carbocycles. The summed E-state index contributed by atoms with van der Waals surface area (Å²) in [6, 6.07) is 0. The maximum absolute atomic E-state index is 12.3. The molecule has 17 heavy (non-hydrogen) atoms. The molecule has 0 bridgehead atoms. The van der Waals surface area contributed by atoms with Crippen molar-refractivity contribution in [2.24, 2.45) is 0 Å². The lowest BCUT2D eigenvalue weighted by molar-refractivity contribution is -0.132. The molecule has 3 heteroatoms. The van der Waals surface area contributed by atoms with Crippen molar-refractivity contribution >= 4 is 5.78 Å². The van der Waals surface area contributed by atoms with Gasteiger partial charge in [-0.05, 0) is 44.2 Å². The van der Waals surface area contributed by atoms with Gasteiger partial charge in [0.25, 0.3) is 0 Å². The summed E-state index contributed by atoms with van der Waals surface area (Å²) in [6.07, 6.45) is 7.45. The second kappa shape index (κ2) is 6.31. The van der Waals surface area contributed by atoms with Crippen molar-refractivity contribution in [3.63, 3.8) is 0 Å². The third-order valence-electron chi connectivity index (χ3n) is 3.59. The lowest BCUT2D eigenvalue weighted by atomic mass is 9.93. The van der Waals surface area contributed by atoms with Crippen molar-refractivity contribution in [2.45, 2.75) is 45.1 Å². The SMILES string of the molecule is CCCN1CCOC(C(=O)C2=CCCCC2)C1. The van der Waals surface area contributed by atoms with Crippen LogP contribution in [0, 0.1) is 0 Å². The van der Waals surface area contributed by atoms with Gasteiger partial charge in [0.2, 0.25) is 0 Å². The Labute approximate surface area is 104 Å². The molecule has 1 aliphatic carbocycles. The molecule has 1 fully saturated rings. The Balaban J connectivity index is 1.92. The molecule has 2 aliphatic rings. The summed E-state index contributed by atoms with van der Waals surface area (Å²) in [4.78, 5) is 14.6. The van der Waals surface area contributed by atoms with Crippen molar-refractivity contribution in [2.75, 3.05) is 26.2 Å². The molecule has 1 atom stereocenters. The summed E-state index contributed by atoms with van der Waals surface area (Å²) in [5.41, 5.74) is 1.01. The summed E-state index contributed by atoms with van der Waals surface area (Å²) in [5.74, 6) is 0.241. The van der Waals surface area contributed by atoms with E-state index in [1.165, 1.54) is 6.42 Å². The molecule has 1 saturated heterocycles. The fraction of sp³-hybridized carbons (Fsp3) is 0.786. The molecular weight excluding hydrogens is 214 g/mol. The van der Waals surface area contributed by atoms with Crippen LogP contribution in [0.4, 0.5) is 0 Å². The molecule has 0 amide bonds. The van der Waals surface area contributed by atoms with E-state index in [1.807, 2.05) is 0 Å². The van der Waals surface area contributed by atoms with Crippen molar-refractivity contribution in [1.29, 1.82) is 0 Å². The van der Waals surface area contributed by atoms with E-state index >= 15 is 0 Å². The minimum atomic E-state index is -0.209.